The molecule has 38 heavy (non-hydrogen) atoms. The average molecular weight is 511 g/mol. The van der Waals surface area contributed by atoms with Crippen LogP contribution < -0.4 is 4.74 Å². The zero-order valence-corrected chi connectivity index (χ0v) is 22.1. The van der Waals surface area contributed by atoms with Crippen LogP contribution in [0.5, 0.6) is 5.75 Å². The van der Waals surface area contributed by atoms with Crippen LogP contribution >= 0.6 is 0 Å². The molecule has 7 nitrogen and oxygen atoms in total. The van der Waals surface area contributed by atoms with Crippen molar-refractivity contribution in [3.8, 4) is 17.1 Å². The molecule has 3 aromatic carbocycles. The fraction of sp³-hybridized carbons (Fsp3) is 0.387. The summed E-state index contributed by atoms with van der Waals surface area (Å²) < 4.78 is 6.06. The highest BCUT2D eigenvalue weighted by Gasteiger charge is 2.12. The number of likely N-dealkylation sites (tertiary alicyclic amines) is 1. The van der Waals surface area contributed by atoms with Crippen LogP contribution in [-0.4, -0.2) is 63.2 Å². The molecule has 1 fully saturated rings. The number of H-pyrrole nitrogens is 1. The van der Waals surface area contributed by atoms with Crippen LogP contribution in [0.2, 0.25) is 0 Å². The van der Waals surface area contributed by atoms with Crippen LogP contribution in [0.1, 0.15) is 42.4 Å². The Morgan fingerprint density at radius 2 is 1.55 bits per heavy atom. The molecule has 5 rings (SSSR count). The number of hydrogen-bond acceptors (Lipinski definition) is 6. The van der Waals surface area contributed by atoms with E-state index < -0.39 is 0 Å². The molecule has 4 aromatic rings. The van der Waals surface area contributed by atoms with E-state index in [4.69, 9.17) is 4.74 Å². The molecule has 1 aromatic heterocycles. The molecule has 2 heterocycles. The van der Waals surface area contributed by atoms with Crippen molar-refractivity contribution in [1.82, 2.24) is 30.4 Å². The molecule has 7 heteroatoms. The Morgan fingerprint density at radius 3 is 2.29 bits per heavy atom. The van der Waals surface area contributed by atoms with Crippen LogP contribution in [0.4, 0.5) is 0 Å². The van der Waals surface area contributed by atoms with Gasteiger partial charge in [0, 0.05) is 25.2 Å². The van der Waals surface area contributed by atoms with E-state index in [1.165, 1.54) is 42.6 Å². The summed E-state index contributed by atoms with van der Waals surface area (Å²) in [7, 11) is 0. The third-order valence-corrected chi connectivity index (χ3v) is 7.19. The van der Waals surface area contributed by atoms with Gasteiger partial charge in [0.05, 0.1) is 6.61 Å². The van der Waals surface area contributed by atoms with E-state index in [1.807, 2.05) is 0 Å². The number of aromatic nitrogens is 4. The standard InChI is InChI=1S/C31H38N6O/c1-2-8-26(9-3-1)18-22-37(25-27-10-14-29(15-11-27)31-32-34-35-33-31)21-6-7-23-38-30-16-12-28(13-17-30)24-36-19-4-5-20-36/h1-3,8-17H,4-7,18-25H2,(H,32,33,34,35). The van der Waals surface area contributed by atoms with Gasteiger partial charge in [-0.1, -0.05) is 66.7 Å². The summed E-state index contributed by atoms with van der Waals surface area (Å²) >= 11 is 0. The molecule has 0 radical (unpaired) electrons. The number of nitrogens with one attached hydrogen (secondary N) is 1. The van der Waals surface area contributed by atoms with Crippen molar-refractivity contribution < 1.29 is 4.74 Å². The minimum atomic E-state index is 0.624. The van der Waals surface area contributed by atoms with Gasteiger partial charge in [-0.2, -0.15) is 5.21 Å². The van der Waals surface area contributed by atoms with Gasteiger partial charge < -0.3 is 4.74 Å². The molecule has 1 N–H and O–H groups in total. The lowest BCUT2D eigenvalue weighted by Crippen LogP contribution is -2.27. The van der Waals surface area contributed by atoms with Gasteiger partial charge in [0.15, 0.2) is 0 Å². The number of rotatable bonds is 14. The fourth-order valence-electron chi connectivity index (χ4n) is 5.02. The van der Waals surface area contributed by atoms with E-state index in [9.17, 15) is 0 Å². The van der Waals surface area contributed by atoms with Crippen molar-refractivity contribution in [2.24, 2.45) is 0 Å². The fourth-order valence-corrected chi connectivity index (χ4v) is 5.02. The summed E-state index contributed by atoms with van der Waals surface area (Å²) in [5.41, 5.74) is 5.01. The van der Waals surface area contributed by atoms with Crippen molar-refractivity contribution in [3.63, 3.8) is 0 Å². The lowest BCUT2D eigenvalue weighted by molar-refractivity contribution is 0.245. The minimum Gasteiger partial charge on any atom is -0.494 e. The summed E-state index contributed by atoms with van der Waals surface area (Å²) in [6, 6.07) is 27.9. The van der Waals surface area contributed by atoms with Crippen molar-refractivity contribution in [2.45, 2.75) is 45.2 Å². The van der Waals surface area contributed by atoms with Crippen molar-refractivity contribution in [2.75, 3.05) is 32.8 Å². The topological polar surface area (TPSA) is 70.2 Å². The van der Waals surface area contributed by atoms with Crippen LogP contribution in [0.25, 0.3) is 11.4 Å². The zero-order valence-electron chi connectivity index (χ0n) is 22.1. The third kappa shape index (κ3) is 7.97. The van der Waals surface area contributed by atoms with Crippen LogP contribution in [0.3, 0.4) is 0 Å². The first-order valence-corrected chi connectivity index (χ1v) is 13.8. The summed E-state index contributed by atoms with van der Waals surface area (Å²) in [5, 5.41) is 14.3. The van der Waals surface area contributed by atoms with Gasteiger partial charge >= 0.3 is 0 Å². The maximum atomic E-state index is 6.06. The minimum absolute atomic E-state index is 0.624. The lowest BCUT2D eigenvalue weighted by Gasteiger charge is -2.23. The molecule has 1 saturated heterocycles. The van der Waals surface area contributed by atoms with Crippen molar-refractivity contribution in [3.05, 3.63) is 95.6 Å². The maximum Gasteiger partial charge on any atom is 0.204 e. The zero-order chi connectivity index (χ0) is 25.8. The van der Waals surface area contributed by atoms with Gasteiger partial charge in [0.25, 0.3) is 0 Å². The number of nitrogens with zero attached hydrogens (tertiary/aromatic N) is 5. The van der Waals surface area contributed by atoms with Crippen LogP contribution in [-0.2, 0) is 19.5 Å². The molecular weight excluding hydrogens is 472 g/mol. The number of aromatic amines is 1. The molecule has 0 saturated carbocycles. The number of tetrazole rings is 1. The van der Waals surface area contributed by atoms with E-state index in [1.54, 1.807) is 0 Å². The Hall–Kier alpha value is -3.55. The van der Waals surface area contributed by atoms with Crippen LogP contribution in [0, 0.1) is 0 Å². The van der Waals surface area contributed by atoms with Crippen molar-refractivity contribution >= 4 is 0 Å². The van der Waals surface area contributed by atoms with Crippen LogP contribution in [0.15, 0.2) is 78.9 Å². The van der Waals surface area contributed by atoms with Gasteiger partial charge in [-0.3, -0.25) is 9.80 Å². The molecule has 0 bridgehead atoms. The molecule has 1 aliphatic rings. The predicted octanol–water partition coefficient (Wildman–Crippen LogP) is 5.37. The lowest BCUT2D eigenvalue weighted by atomic mass is 10.1. The van der Waals surface area contributed by atoms with Crippen molar-refractivity contribution in [1.29, 1.82) is 0 Å². The monoisotopic (exact) mass is 510 g/mol. The van der Waals surface area contributed by atoms with Gasteiger partial charge in [0.1, 0.15) is 5.75 Å². The Balaban J connectivity index is 1.08. The summed E-state index contributed by atoms with van der Waals surface area (Å²) in [6.45, 7) is 7.24. The average Bonchev–Trinajstić information content (AvgIpc) is 3.68. The summed E-state index contributed by atoms with van der Waals surface area (Å²) in [5.74, 6) is 1.59. The summed E-state index contributed by atoms with van der Waals surface area (Å²) in [4.78, 5) is 5.07. The Morgan fingerprint density at radius 1 is 0.789 bits per heavy atom. The van der Waals surface area contributed by atoms with E-state index in [0.717, 1.165) is 63.4 Å². The second-order valence-corrected chi connectivity index (χ2v) is 10.1. The molecular formula is C31H38N6O. The largest absolute Gasteiger partial charge is 0.494 e. The second kappa shape index (κ2) is 13.8. The highest BCUT2D eigenvalue weighted by molar-refractivity contribution is 5.54. The van der Waals surface area contributed by atoms with E-state index in [0.29, 0.717) is 5.82 Å². The van der Waals surface area contributed by atoms with Gasteiger partial charge in [-0.25, -0.2) is 0 Å². The number of hydrogen-bond donors (Lipinski definition) is 1. The molecule has 198 valence electrons. The smallest absolute Gasteiger partial charge is 0.204 e. The number of ether oxygens (including phenoxy) is 1. The van der Waals surface area contributed by atoms with Gasteiger partial charge in [-0.05, 0) is 85.8 Å². The molecule has 0 amide bonds. The van der Waals surface area contributed by atoms with Gasteiger partial charge in [-0.15, -0.1) is 10.2 Å². The number of unbranched alkanes of at least 4 members (excludes halogenated alkanes) is 1. The predicted molar refractivity (Wildman–Crippen MR) is 151 cm³/mol. The SMILES string of the molecule is c1ccc(CCN(CCCCOc2ccc(CN3CCCC3)cc2)Cc2ccc(-c3nn[nH]n3)cc2)cc1. The summed E-state index contributed by atoms with van der Waals surface area (Å²) in [6.07, 6.45) is 5.84. The molecule has 0 spiro atoms. The molecule has 1 aliphatic heterocycles. The van der Waals surface area contributed by atoms with Gasteiger partial charge in [0.2, 0.25) is 5.82 Å². The quantitative estimate of drug-likeness (QED) is 0.230. The highest BCUT2D eigenvalue weighted by atomic mass is 16.5. The Labute approximate surface area is 225 Å². The third-order valence-electron chi connectivity index (χ3n) is 7.19. The molecule has 0 unspecified atom stereocenters. The second-order valence-electron chi connectivity index (χ2n) is 10.1. The first-order chi connectivity index (χ1) is 18.8. The Bertz CT molecular complexity index is 1190. The number of benzene rings is 3. The normalized spacial score (nSPS) is 13.8. The first kappa shape index (κ1) is 26.1. The van der Waals surface area contributed by atoms with E-state index in [-0.39, 0.29) is 0 Å². The highest BCUT2D eigenvalue weighted by Crippen LogP contribution is 2.18. The van der Waals surface area contributed by atoms with E-state index in [2.05, 4.69) is 109 Å². The molecule has 0 aliphatic carbocycles. The first-order valence-electron chi connectivity index (χ1n) is 13.8. The Kier molecular flexibility index (Phi) is 9.50. The molecule has 0 atom stereocenters. The maximum absolute atomic E-state index is 6.06. The van der Waals surface area contributed by atoms with E-state index >= 15 is 0 Å².